The number of aliphatic hydroxyl groups is 1. The Morgan fingerprint density at radius 2 is 2.20 bits per heavy atom. The Bertz CT molecular complexity index is 269. The molecule has 0 atom stereocenters. The zero-order chi connectivity index (χ0) is 11.1. The maximum atomic E-state index is 8.93. The number of aromatic nitrogens is 1. The standard InChI is InChI=1S/C11H20N2OS/c1-3-5-13(6-7-14)8-10-9-15-11(4-2)12-10/h9,14H,3-8H2,1-2H3. The van der Waals surface area contributed by atoms with Crippen LogP contribution in [-0.4, -0.2) is 34.7 Å². The van der Waals surface area contributed by atoms with Crippen LogP contribution < -0.4 is 0 Å². The van der Waals surface area contributed by atoms with E-state index in [9.17, 15) is 0 Å². The van der Waals surface area contributed by atoms with E-state index < -0.39 is 0 Å². The highest BCUT2D eigenvalue weighted by atomic mass is 32.1. The van der Waals surface area contributed by atoms with Crippen molar-refractivity contribution in [1.82, 2.24) is 9.88 Å². The predicted octanol–water partition coefficient (Wildman–Crippen LogP) is 1.91. The smallest absolute Gasteiger partial charge is 0.0926 e. The van der Waals surface area contributed by atoms with Gasteiger partial charge in [0.15, 0.2) is 0 Å². The third-order valence-electron chi connectivity index (χ3n) is 2.24. The average molecular weight is 228 g/mol. The van der Waals surface area contributed by atoms with Crippen LogP contribution in [0.1, 0.15) is 31.0 Å². The van der Waals surface area contributed by atoms with E-state index in [1.54, 1.807) is 11.3 Å². The molecule has 1 N–H and O–H groups in total. The molecule has 15 heavy (non-hydrogen) atoms. The molecule has 3 nitrogen and oxygen atoms in total. The van der Waals surface area contributed by atoms with Gasteiger partial charge in [0.05, 0.1) is 17.3 Å². The first-order chi connectivity index (χ1) is 7.30. The number of hydrogen-bond acceptors (Lipinski definition) is 4. The van der Waals surface area contributed by atoms with Gasteiger partial charge in [0.1, 0.15) is 0 Å². The van der Waals surface area contributed by atoms with E-state index in [4.69, 9.17) is 5.11 Å². The van der Waals surface area contributed by atoms with Crippen molar-refractivity contribution in [2.75, 3.05) is 19.7 Å². The zero-order valence-electron chi connectivity index (χ0n) is 9.57. The first-order valence-corrected chi connectivity index (χ1v) is 6.44. The third-order valence-corrected chi connectivity index (χ3v) is 3.29. The summed E-state index contributed by atoms with van der Waals surface area (Å²) in [6.45, 7) is 7.14. The maximum absolute atomic E-state index is 8.93. The van der Waals surface area contributed by atoms with Gasteiger partial charge in [-0.3, -0.25) is 4.90 Å². The molecule has 0 saturated carbocycles. The largest absolute Gasteiger partial charge is 0.395 e. The molecular formula is C11H20N2OS. The van der Waals surface area contributed by atoms with Gasteiger partial charge >= 0.3 is 0 Å². The number of thiazole rings is 1. The molecule has 1 rings (SSSR count). The van der Waals surface area contributed by atoms with Gasteiger partial charge in [-0.25, -0.2) is 4.98 Å². The van der Waals surface area contributed by atoms with Crippen LogP contribution in [0.15, 0.2) is 5.38 Å². The minimum atomic E-state index is 0.227. The number of hydrogen-bond donors (Lipinski definition) is 1. The Morgan fingerprint density at radius 3 is 2.73 bits per heavy atom. The number of aliphatic hydroxyl groups excluding tert-OH is 1. The summed E-state index contributed by atoms with van der Waals surface area (Å²) in [7, 11) is 0. The van der Waals surface area contributed by atoms with E-state index >= 15 is 0 Å². The average Bonchev–Trinajstić information content (AvgIpc) is 2.66. The summed E-state index contributed by atoms with van der Waals surface area (Å²) in [5.74, 6) is 0. The van der Waals surface area contributed by atoms with E-state index in [1.165, 1.54) is 5.01 Å². The van der Waals surface area contributed by atoms with Gasteiger partial charge in [-0.15, -0.1) is 11.3 Å². The molecule has 4 heteroatoms. The van der Waals surface area contributed by atoms with Crippen molar-refractivity contribution in [3.63, 3.8) is 0 Å². The summed E-state index contributed by atoms with van der Waals surface area (Å²) < 4.78 is 0. The fraction of sp³-hybridized carbons (Fsp3) is 0.727. The van der Waals surface area contributed by atoms with Gasteiger partial charge in [-0.05, 0) is 19.4 Å². The Hall–Kier alpha value is -0.450. The van der Waals surface area contributed by atoms with Crippen LogP contribution in [-0.2, 0) is 13.0 Å². The molecule has 0 radical (unpaired) electrons. The second-order valence-corrected chi connectivity index (χ2v) is 4.53. The molecule has 1 aromatic heterocycles. The van der Waals surface area contributed by atoms with Crippen molar-refractivity contribution in [2.45, 2.75) is 33.2 Å². The van der Waals surface area contributed by atoms with Crippen LogP contribution >= 0.6 is 11.3 Å². The van der Waals surface area contributed by atoms with E-state index in [-0.39, 0.29) is 6.61 Å². The van der Waals surface area contributed by atoms with Crippen molar-refractivity contribution >= 4 is 11.3 Å². The Balaban J connectivity index is 2.48. The lowest BCUT2D eigenvalue weighted by Crippen LogP contribution is -2.27. The van der Waals surface area contributed by atoms with Crippen LogP contribution in [0, 0.1) is 0 Å². The molecule has 1 heterocycles. The fourth-order valence-corrected chi connectivity index (χ4v) is 2.28. The predicted molar refractivity (Wildman–Crippen MR) is 64.1 cm³/mol. The van der Waals surface area contributed by atoms with Gasteiger partial charge in [0.25, 0.3) is 0 Å². The molecule has 0 fully saturated rings. The highest BCUT2D eigenvalue weighted by Gasteiger charge is 2.07. The number of nitrogens with zero attached hydrogens (tertiary/aromatic N) is 2. The molecule has 0 aliphatic heterocycles. The first kappa shape index (κ1) is 12.6. The molecular weight excluding hydrogens is 208 g/mol. The molecule has 0 bridgehead atoms. The van der Waals surface area contributed by atoms with Gasteiger partial charge in [0, 0.05) is 18.5 Å². The lowest BCUT2D eigenvalue weighted by Gasteiger charge is -2.18. The van der Waals surface area contributed by atoms with E-state index in [2.05, 4.69) is 29.1 Å². The van der Waals surface area contributed by atoms with Crippen molar-refractivity contribution in [3.05, 3.63) is 16.1 Å². The minimum absolute atomic E-state index is 0.227. The van der Waals surface area contributed by atoms with E-state index in [1.807, 2.05) is 0 Å². The van der Waals surface area contributed by atoms with Crippen molar-refractivity contribution in [3.8, 4) is 0 Å². The van der Waals surface area contributed by atoms with Gasteiger partial charge in [-0.2, -0.15) is 0 Å². The quantitative estimate of drug-likeness (QED) is 0.774. The lowest BCUT2D eigenvalue weighted by molar-refractivity contribution is 0.189. The van der Waals surface area contributed by atoms with Crippen LogP contribution in [0.2, 0.25) is 0 Å². The van der Waals surface area contributed by atoms with Gasteiger partial charge in [-0.1, -0.05) is 13.8 Å². The summed E-state index contributed by atoms with van der Waals surface area (Å²) in [6.07, 6.45) is 2.13. The summed E-state index contributed by atoms with van der Waals surface area (Å²) in [5, 5.41) is 12.3. The SMILES string of the molecule is CCCN(CCO)Cc1csc(CC)n1. The summed E-state index contributed by atoms with van der Waals surface area (Å²) in [5.41, 5.74) is 1.14. The van der Waals surface area contributed by atoms with E-state index in [0.29, 0.717) is 0 Å². The van der Waals surface area contributed by atoms with Crippen molar-refractivity contribution in [1.29, 1.82) is 0 Å². The summed E-state index contributed by atoms with van der Waals surface area (Å²) in [6, 6.07) is 0. The molecule has 0 unspecified atom stereocenters. The molecule has 0 aliphatic carbocycles. The normalized spacial score (nSPS) is 11.2. The molecule has 86 valence electrons. The summed E-state index contributed by atoms with van der Waals surface area (Å²) in [4.78, 5) is 6.77. The monoisotopic (exact) mass is 228 g/mol. The minimum Gasteiger partial charge on any atom is -0.395 e. The van der Waals surface area contributed by atoms with Crippen LogP contribution in [0.3, 0.4) is 0 Å². The van der Waals surface area contributed by atoms with Crippen LogP contribution in [0.4, 0.5) is 0 Å². The molecule has 1 aromatic rings. The molecule has 0 spiro atoms. The first-order valence-electron chi connectivity index (χ1n) is 5.56. The maximum Gasteiger partial charge on any atom is 0.0926 e. The third kappa shape index (κ3) is 4.28. The summed E-state index contributed by atoms with van der Waals surface area (Å²) >= 11 is 1.73. The Kier molecular flexibility index (Phi) is 5.83. The topological polar surface area (TPSA) is 36.4 Å². The second-order valence-electron chi connectivity index (χ2n) is 3.59. The number of rotatable bonds is 7. The van der Waals surface area contributed by atoms with Gasteiger partial charge in [0.2, 0.25) is 0 Å². The highest BCUT2D eigenvalue weighted by molar-refractivity contribution is 7.09. The van der Waals surface area contributed by atoms with E-state index in [0.717, 1.165) is 38.2 Å². The van der Waals surface area contributed by atoms with Crippen LogP contribution in [0.25, 0.3) is 0 Å². The highest BCUT2D eigenvalue weighted by Crippen LogP contribution is 2.12. The Labute approximate surface area is 95.8 Å². The van der Waals surface area contributed by atoms with Gasteiger partial charge < -0.3 is 5.11 Å². The zero-order valence-corrected chi connectivity index (χ0v) is 10.4. The molecule has 0 amide bonds. The second kappa shape index (κ2) is 6.93. The Morgan fingerprint density at radius 1 is 1.40 bits per heavy atom. The van der Waals surface area contributed by atoms with Crippen molar-refractivity contribution in [2.24, 2.45) is 0 Å². The van der Waals surface area contributed by atoms with Crippen molar-refractivity contribution < 1.29 is 5.11 Å². The van der Waals surface area contributed by atoms with Crippen LogP contribution in [0.5, 0.6) is 0 Å². The lowest BCUT2D eigenvalue weighted by atomic mass is 10.3. The number of aryl methyl sites for hydroxylation is 1. The molecule has 0 aliphatic rings. The molecule has 0 aromatic carbocycles. The molecule has 0 saturated heterocycles. The fourth-order valence-electron chi connectivity index (χ4n) is 1.54.